The monoisotopic (exact) mass is 393 g/mol. The molecule has 28 heavy (non-hydrogen) atoms. The minimum atomic E-state index is -0.502. The molecule has 0 spiro atoms. The van der Waals surface area contributed by atoms with E-state index < -0.39 is 5.97 Å². The SMILES string of the molecule is COC(=O)c1ccc(C(=O)NCc2ccc(-c3nc4ccccc4s3)o2)nc1. The average molecular weight is 393 g/mol. The third-order valence-electron chi connectivity index (χ3n) is 4.01. The molecule has 0 aliphatic carbocycles. The van der Waals surface area contributed by atoms with Gasteiger partial charge in [0.1, 0.15) is 11.5 Å². The number of ether oxygens (including phenoxy) is 1. The van der Waals surface area contributed by atoms with Crippen molar-refractivity contribution in [1.29, 1.82) is 0 Å². The maximum absolute atomic E-state index is 12.2. The lowest BCUT2D eigenvalue weighted by Crippen LogP contribution is -2.23. The molecule has 1 amide bonds. The molecule has 140 valence electrons. The molecular weight excluding hydrogens is 378 g/mol. The fraction of sp³-hybridized carbons (Fsp3) is 0.100. The Morgan fingerprint density at radius 3 is 2.75 bits per heavy atom. The molecule has 0 saturated carbocycles. The van der Waals surface area contributed by atoms with Crippen LogP contribution in [0.5, 0.6) is 0 Å². The first-order valence-corrected chi connectivity index (χ1v) is 9.23. The van der Waals surface area contributed by atoms with E-state index in [0.717, 1.165) is 15.2 Å². The minimum Gasteiger partial charge on any atom is -0.465 e. The molecule has 3 aromatic heterocycles. The number of benzene rings is 1. The number of carbonyl (C=O) groups excluding carboxylic acids is 2. The summed E-state index contributed by atoms with van der Waals surface area (Å²) in [5.74, 6) is 0.395. The van der Waals surface area contributed by atoms with Gasteiger partial charge >= 0.3 is 5.97 Å². The summed E-state index contributed by atoms with van der Waals surface area (Å²) in [5.41, 5.74) is 1.41. The van der Waals surface area contributed by atoms with E-state index in [9.17, 15) is 9.59 Å². The first-order chi connectivity index (χ1) is 13.6. The second-order valence-electron chi connectivity index (χ2n) is 5.86. The highest BCUT2D eigenvalue weighted by Crippen LogP contribution is 2.31. The molecule has 3 heterocycles. The van der Waals surface area contributed by atoms with Crippen molar-refractivity contribution >= 4 is 33.4 Å². The number of aromatic nitrogens is 2. The Bertz CT molecular complexity index is 1110. The van der Waals surface area contributed by atoms with Gasteiger partial charge in [0.25, 0.3) is 5.91 Å². The van der Waals surface area contributed by atoms with Crippen LogP contribution in [0.15, 0.2) is 59.1 Å². The second kappa shape index (κ2) is 7.61. The zero-order valence-electron chi connectivity index (χ0n) is 14.8. The number of methoxy groups -OCH3 is 1. The molecule has 1 aromatic carbocycles. The Morgan fingerprint density at radius 1 is 1.14 bits per heavy atom. The Kier molecular flexibility index (Phi) is 4.86. The van der Waals surface area contributed by atoms with Gasteiger partial charge in [-0.2, -0.15) is 0 Å². The molecule has 8 heteroatoms. The highest BCUT2D eigenvalue weighted by atomic mass is 32.1. The van der Waals surface area contributed by atoms with Gasteiger partial charge in [-0.15, -0.1) is 11.3 Å². The van der Waals surface area contributed by atoms with Crippen molar-refractivity contribution in [2.24, 2.45) is 0 Å². The summed E-state index contributed by atoms with van der Waals surface area (Å²) in [5, 5.41) is 3.53. The summed E-state index contributed by atoms with van der Waals surface area (Å²) < 4.78 is 11.5. The number of pyridine rings is 1. The van der Waals surface area contributed by atoms with Crippen molar-refractivity contribution in [3.8, 4) is 10.8 Å². The highest BCUT2D eigenvalue weighted by molar-refractivity contribution is 7.21. The Morgan fingerprint density at radius 2 is 2.00 bits per heavy atom. The van der Waals surface area contributed by atoms with Crippen molar-refractivity contribution in [2.75, 3.05) is 7.11 Å². The number of fused-ring (bicyclic) bond motifs is 1. The van der Waals surface area contributed by atoms with E-state index in [1.54, 1.807) is 17.4 Å². The topological polar surface area (TPSA) is 94.3 Å². The highest BCUT2D eigenvalue weighted by Gasteiger charge is 2.13. The van der Waals surface area contributed by atoms with Crippen LogP contribution in [0.1, 0.15) is 26.6 Å². The summed E-state index contributed by atoms with van der Waals surface area (Å²) in [7, 11) is 1.29. The van der Waals surface area contributed by atoms with Gasteiger partial charge in [-0.25, -0.2) is 9.78 Å². The van der Waals surface area contributed by atoms with Crippen molar-refractivity contribution in [3.05, 3.63) is 71.7 Å². The summed E-state index contributed by atoms with van der Waals surface area (Å²) in [4.78, 5) is 32.2. The van der Waals surface area contributed by atoms with Crippen LogP contribution in [0.3, 0.4) is 0 Å². The lowest BCUT2D eigenvalue weighted by atomic mass is 10.2. The molecule has 0 atom stereocenters. The van der Waals surface area contributed by atoms with Crippen molar-refractivity contribution in [3.63, 3.8) is 0 Å². The number of hydrogen-bond acceptors (Lipinski definition) is 7. The van der Waals surface area contributed by atoms with Gasteiger partial charge in [-0.05, 0) is 36.4 Å². The molecule has 0 unspecified atom stereocenters. The third kappa shape index (κ3) is 3.63. The number of furan rings is 1. The molecule has 0 radical (unpaired) electrons. The normalized spacial score (nSPS) is 10.8. The third-order valence-corrected chi connectivity index (χ3v) is 5.06. The van der Waals surface area contributed by atoms with E-state index in [1.807, 2.05) is 30.3 Å². The van der Waals surface area contributed by atoms with Crippen molar-refractivity contribution < 1.29 is 18.7 Å². The largest absolute Gasteiger partial charge is 0.465 e. The van der Waals surface area contributed by atoms with Gasteiger partial charge in [-0.1, -0.05) is 12.1 Å². The molecule has 0 fully saturated rings. The molecule has 0 aliphatic rings. The first kappa shape index (κ1) is 17.9. The van der Waals surface area contributed by atoms with E-state index in [-0.39, 0.29) is 23.7 Å². The standard InChI is InChI=1S/C20H15N3O4S/c1-26-20(25)12-6-8-15(21-10-12)18(24)22-11-13-7-9-16(27-13)19-23-14-4-2-3-5-17(14)28-19/h2-10H,11H2,1H3,(H,22,24). The van der Waals surface area contributed by atoms with Crippen LogP contribution in [0, 0.1) is 0 Å². The molecule has 0 bridgehead atoms. The number of nitrogens with zero attached hydrogens (tertiary/aromatic N) is 2. The molecule has 4 aromatic rings. The maximum atomic E-state index is 12.2. The van der Waals surface area contributed by atoms with E-state index in [0.29, 0.717) is 11.5 Å². The lowest BCUT2D eigenvalue weighted by Gasteiger charge is -2.03. The number of amides is 1. The lowest BCUT2D eigenvalue weighted by molar-refractivity contribution is 0.0599. The number of para-hydroxylation sites is 1. The van der Waals surface area contributed by atoms with Crippen LogP contribution in [0.25, 0.3) is 21.0 Å². The Labute approximate surface area is 164 Å². The van der Waals surface area contributed by atoms with Crippen LogP contribution in [-0.4, -0.2) is 29.0 Å². The van der Waals surface area contributed by atoms with Gasteiger partial charge in [0, 0.05) is 6.20 Å². The maximum Gasteiger partial charge on any atom is 0.339 e. The van der Waals surface area contributed by atoms with Gasteiger partial charge < -0.3 is 14.5 Å². The summed E-state index contributed by atoms with van der Waals surface area (Å²) in [6.45, 7) is 0.212. The second-order valence-corrected chi connectivity index (χ2v) is 6.89. The number of hydrogen-bond donors (Lipinski definition) is 1. The molecular formula is C20H15N3O4S. The quantitative estimate of drug-likeness (QED) is 0.520. The van der Waals surface area contributed by atoms with Gasteiger partial charge in [0.15, 0.2) is 10.8 Å². The van der Waals surface area contributed by atoms with Crippen LogP contribution in [0.2, 0.25) is 0 Å². The van der Waals surface area contributed by atoms with E-state index >= 15 is 0 Å². The number of nitrogens with one attached hydrogen (secondary N) is 1. The zero-order chi connectivity index (χ0) is 19.5. The molecule has 4 rings (SSSR count). The van der Waals surface area contributed by atoms with Crippen molar-refractivity contribution in [2.45, 2.75) is 6.54 Å². The predicted molar refractivity (Wildman–Crippen MR) is 104 cm³/mol. The van der Waals surface area contributed by atoms with E-state index in [2.05, 4.69) is 20.0 Å². The first-order valence-electron chi connectivity index (χ1n) is 8.41. The van der Waals surface area contributed by atoms with Crippen molar-refractivity contribution in [1.82, 2.24) is 15.3 Å². The number of thiazole rings is 1. The number of rotatable bonds is 5. The summed E-state index contributed by atoms with van der Waals surface area (Å²) in [6.07, 6.45) is 1.30. The van der Waals surface area contributed by atoms with Crippen LogP contribution < -0.4 is 5.32 Å². The summed E-state index contributed by atoms with van der Waals surface area (Å²) >= 11 is 1.55. The number of esters is 1. The molecule has 0 aliphatic heterocycles. The molecule has 7 nitrogen and oxygen atoms in total. The fourth-order valence-corrected chi connectivity index (χ4v) is 3.52. The number of carbonyl (C=O) groups is 2. The Hall–Kier alpha value is -3.52. The van der Waals surface area contributed by atoms with Crippen LogP contribution in [0.4, 0.5) is 0 Å². The Balaban J connectivity index is 1.41. The van der Waals surface area contributed by atoms with E-state index in [4.69, 9.17) is 4.42 Å². The fourth-order valence-electron chi connectivity index (χ4n) is 2.59. The average Bonchev–Trinajstić information content (AvgIpc) is 3.38. The zero-order valence-corrected chi connectivity index (χ0v) is 15.7. The van der Waals surface area contributed by atoms with Crippen LogP contribution in [-0.2, 0) is 11.3 Å². The van der Waals surface area contributed by atoms with Gasteiger partial charge in [-0.3, -0.25) is 9.78 Å². The molecule has 1 N–H and O–H groups in total. The van der Waals surface area contributed by atoms with Gasteiger partial charge in [0.05, 0.1) is 29.4 Å². The predicted octanol–water partition coefficient (Wildman–Crippen LogP) is 3.67. The van der Waals surface area contributed by atoms with E-state index in [1.165, 1.54) is 25.4 Å². The smallest absolute Gasteiger partial charge is 0.339 e. The summed E-state index contributed by atoms with van der Waals surface area (Å²) in [6, 6.07) is 14.5. The molecule has 0 saturated heterocycles. The van der Waals surface area contributed by atoms with Gasteiger partial charge in [0.2, 0.25) is 0 Å². The van der Waals surface area contributed by atoms with Crippen LogP contribution >= 0.6 is 11.3 Å². The minimum absolute atomic E-state index is 0.200.